The molecule has 2 aliphatic rings. The van der Waals surface area contributed by atoms with Crippen molar-refractivity contribution in [2.24, 2.45) is 0 Å². The van der Waals surface area contributed by atoms with Gasteiger partial charge in [0.1, 0.15) is 0 Å². The Morgan fingerprint density at radius 3 is 1.43 bits per heavy atom. The molecular weight excluding hydrogens is 503 g/mol. The molecule has 0 radical (unpaired) electrons. The fourth-order valence-electron chi connectivity index (χ4n) is 6.26. The molecule has 0 N–H and O–H groups in total. The van der Waals surface area contributed by atoms with Gasteiger partial charge in [0.15, 0.2) is 0 Å². The van der Waals surface area contributed by atoms with Crippen LogP contribution in [0, 0.1) is 13.8 Å². The van der Waals surface area contributed by atoms with E-state index in [2.05, 4.69) is 92.4 Å². The number of hydrogen-bond donors (Lipinski definition) is 0. The van der Waals surface area contributed by atoms with E-state index in [4.69, 9.17) is 0 Å². The van der Waals surface area contributed by atoms with Gasteiger partial charge in [-0.05, 0) is 0 Å². The Kier molecular flexibility index (Phi) is 7.63. The van der Waals surface area contributed by atoms with Gasteiger partial charge in [0.2, 0.25) is 0 Å². The maximum Gasteiger partial charge on any atom is -0.147 e. The zero-order valence-corrected chi connectivity index (χ0v) is 24.7. The van der Waals surface area contributed by atoms with Crippen molar-refractivity contribution in [2.45, 2.75) is 57.1 Å². The minimum Gasteiger partial charge on any atom is -0.147 e. The minimum absolute atomic E-state index is 0. The van der Waals surface area contributed by atoms with E-state index in [0.29, 0.717) is 7.25 Å². The number of halogens is 2. The number of allylic oxidation sites excluding steroid dienone is 2. The SMILES string of the molecule is CCC1=Cc2c(C)cccc2[CH]1[Zr]([CH3])([CH3])(=[SiH2])[CH]1C(CC)=Cc2c(C)cccc21.Cl.Cl. The van der Waals surface area contributed by atoms with Crippen LogP contribution < -0.4 is 0 Å². The predicted octanol–water partition coefficient (Wildman–Crippen LogP) is 7.88. The smallest absolute Gasteiger partial charge is 0.147 e. The van der Waals surface area contributed by atoms with Gasteiger partial charge in [-0.1, -0.05) is 0 Å². The third-order valence-corrected chi connectivity index (χ3v) is 25.0. The summed E-state index contributed by atoms with van der Waals surface area (Å²) < 4.78 is 6.81. The molecule has 0 saturated heterocycles. The summed E-state index contributed by atoms with van der Waals surface area (Å²) in [5.74, 6) is 0. The summed E-state index contributed by atoms with van der Waals surface area (Å²) in [7, 11) is 0. The van der Waals surface area contributed by atoms with Crippen LogP contribution in [0.3, 0.4) is 0 Å². The van der Waals surface area contributed by atoms with Crippen LogP contribution >= 0.6 is 24.8 Å². The van der Waals surface area contributed by atoms with E-state index in [-0.39, 0.29) is 24.8 Å². The molecule has 0 bridgehead atoms. The molecule has 2 atom stereocenters. The predicted molar refractivity (Wildman–Crippen MR) is 139 cm³/mol. The molecule has 0 amide bonds. The first-order valence-electron chi connectivity index (χ1n) is 10.8. The number of fused-ring (bicyclic) bond motifs is 2. The Hall–Kier alpha value is -0.400. The summed E-state index contributed by atoms with van der Waals surface area (Å²) >= 11 is -3.29. The molecule has 0 saturated carbocycles. The standard InChI is InChI=1S/2C12H13.2CH3.2ClH.H2Si.Zr/c2*1-3-10-7-11-6-4-5-9(2)12(11)8-10;;;;;;/h2*4-8H,3H2,1-2H3;2*1H3;2*1H;1H2;. The third-order valence-electron chi connectivity index (χ3n) is 7.45. The number of aryl methyl sites for hydroxylation is 2. The van der Waals surface area contributed by atoms with Gasteiger partial charge in [-0.2, -0.15) is 0 Å². The van der Waals surface area contributed by atoms with E-state index in [1.54, 1.807) is 22.3 Å². The maximum atomic E-state index is 2.75. The Labute approximate surface area is 197 Å². The van der Waals surface area contributed by atoms with Crippen LogP contribution in [0.15, 0.2) is 47.5 Å². The molecule has 0 aromatic heterocycles. The van der Waals surface area contributed by atoms with Gasteiger partial charge in [-0.3, -0.25) is 0 Å². The molecule has 0 spiro atoms. The zero-order valence-electron chi connectivity index (χ0n) is 19.2. The molecule has 4 rings (SSSR count). The van der Waals surface area contributed by atoms with E-state index in [1.807, 2.05) is 0 Å². The van der Waals surface area contributed by atoms with E-state index >= 15 is 0 Å². The first-order valence-corrected chi connectivity index (χ1v) is 24.5. The van der Waals surface area contributed by atoms with Crippen molar-refractivity contribution in [3.63, 3.8) is 0 Å². The maximum absolute atomic E-state index is 3.29. The van der Waals surface area contributed by atoms with Gasteiger partial charge in [0, 0.05) is 0 Å². The summed E-state index contributed by atoms with van der Waals surface area (Å²) in [6.45, 7) is 11.7. The average molecular weight is 539 g/mol. The molecule has 2 unspecified atom stereocenters. The molecule has 0 fully saturated rings. The van der Waals surface area contributed by atoms with Crippen LogP contribution in [-0.4, -0.2) is 6.88 Å². The van der Waals surface area contributed by atoms with Crippen molar-refractivity contribution in [2.75, 3.05) is 0 Å². The van der Waals surface area contributed by atoms with Crippen LogP contribution in [0.25, 0.3) is 12.2 Å². The molecule has 2 aromatic carbocycles. The second-order valence-electron chi connectivity index (χ2n) is 10.1. The van der Waals surface area contributed by atoms with Crippen LogP contribution in [0.1, 0.15) is 67.3 Å². The van der Waals surface area contributed by atoms with Crippen molar-refractivity contribution >= 4 is 43.8 Å². The topological polar surface area (TPSA) is 0 Å². The Morgan fingerprint density at radius 1 is 0.733 bits per heavy atom. The largest absolute Gasteiger partial charge is 0.147 e. The second kappa shape index (κ2) is 8.86. The summed E-state index contributed by atoms with van der Waals surface area (Å²) in [5.41, 5.74) is 12.5. The minimum atomic E-state index is -3.29. The molecule has 30 heavy (non-hydrogen) atoms. The Balaban J connectivity index is 0.00000160. The first-order chi connectivity index (χ1) is 13.2. The summed E-state index contributed by atoms with van der Waals surface area (Å²) in [5, 5.41) is 0. The molecule has 0 aliphatic heterocycles. The normalized spacial score (nSPS) is 19.8. The molecular formula is C26H36Cl2SiZr. The van der Waals surface area contributed by atoms with E-state index in [0.717, 1.165) is 0 Å². The van der Waals surface area contributed by atoms with Gasteiger partial charge in [-0.25, -0.2) is 0 Å². The van der Waals surface area contributed by atoms with E-state index in [1.165, 1.54) is 35.1 Å². The van der Waals surface area contributed by atoms with Crippen molar-refractivity contribution < 1.29 is 17.4 Å². The summed E-state index contributed by atoms with van der Waals surface area (Å²) in [4.78, 5) is 0. The first kappa shape index (κ1) is 25.9. The second-order valence-corrected chi connectivity index (χ2v) is 40.6. The van der Waals surface area contributed by atoms with Crippen molar-refractivity contribution in [1.29, 1.82) is 0 Å². The summed E-state index contributed by atoms with van der Waals surface area (Å²) in [6, 6.07) is 14.0. The van der Waals surface area contributed by atoms with Crippen LogP contribution in [0.2, 0.25) is 9.26 Å². The van der Waals surface area contributed by atoms with Gasteiger partial charge >= 0.3 is 174 Å². The van der Waals surface area contributed by atoms with Gasteiger partial charge < -0.3 is 0 Å². The number of hydrogen-bond acceptors (Lipinski definition) is 0. The molecule has 162 valence electrons. The Morgan fingerprint density at radius 2 is 1.10 bits per heavy atom. The number of rotatable bonds is 4. The monoisotopic (exact) mass is 536 g/mol. The third kappa shape index (κ3) is 3.81. The Bertz CT molecular complexity index is 1020. The molecule has 2 aliphatic carbocycles. The fourth-order valence-corrected chi connectivity index (χ4v) is 26.4. The quantitative estimate of drug-likeness (QED) is 0.347. The van der Waals surface area contributed by atoms with Crippen molar-refractivity contribution in [1.82, 2.24) is 0 Å². The van der Waals surface area contributed by atoms with Crippen LogP contribution in [0.4, 0.5) is 0 Å². The van der Waals surface area contributed by atoms with E-state index < -0.39 is 17.4 Å². The van der Waals surface area contributed by atoms with Crippen molar-refractivity contribution in [3.8, 4) is 0 Å². The van der Waals surface area contributed by atoms with Gasteiger partial charge in [-0.15, -0.1) is 24.8 Å². The number of benzene rings is 2. The van der Waals surface area contributed by atoms with Gasteiger partial charge in [0.25, 0.3) is 0 Å². The van der Waals surface area contributed by atoms with Crippen LogP contribution in [-0.2, 0) is 17.4 Å². The molecule has 4 heteroatoms. The molecule has 2 aromatic rings. The zero-order chi connectivity index (χ0) is 20.3. The average Bonchev–Trinajstić information content (AvgIpc) is 3.22. The van der Waals surface area contributed by atoms with E-state index in [9.17, 15) is 0 Å². The molecule has 0 heterocycles. The fraction of sp³-hybridized carbons (Fsp3) is 0.385. The van der Waals surface area contributed by atoms with Crippen LogP contribution in [0.5, 0.6) is 0 Å². The summed E-state index contributed by atoms with van der Waals surface area (Å²) in [6.07, 6.45) is 7.43. The van der Waals surface area contributed by atoms with Gasteiger partial charge in [0.05, 0.1) is 0 Å². The molecule has 0 nitrogen and oxygen atoms in total. The van der Waals surface area contributed by atoms with Crippen molar-refractivity contribution in [3.05, 3.63) is 80.9 Å².